The molecule has 0 radical (unpaired) electrons. The SMILES string of the molecule is CN1CCN(C)C(CC(N)Cc2cn3ccsc3n2)C1. The summed E-state index contributed by atoms with van der Waals surface area (Å²) in [6, 6.07) is 0.742. The van der Waals surface area contributed by atoms with Gasteiger partial charge in [-0.1, -0.05) is 0 Å². The number of aromatic nitrogens is 2. The monoisotopic (exact) mass is 293 g/mol. The lowest BCUT2D eigenvalue weighted by Gasteiger charge is -2.38. The Kier molecular flexibility index (Phi) is 4.07. The number of thiazole rings is 1. The van der Waals surface area contributed by atoms with Crippen LogP contribution < -0.4 is 5.73 Å². The predicted octanol–water partition coefficient (Wildman–Crippen LogP) is 0.902. The summed E-state index contributed by atoms with van der Waals surface area (Å²) in [5, 5.41) is 2.05. The minimum Gasteiger partial charge on any atom is -0.327 e. The van der Waals surface area contributed by atoms with Gasteiger partial charge < -0.3 is 15.5 Å². The summed E-state index contributed by atoms with van der Waals surface area (Å²) in [6.45, 7) is 3.40. The molecule has 0 spiro atoms. The van der Waals surface area contributed by atoms with Gasteiger partial charge >= 0.3 is 0 Å². The Bertz CT molecular complexity index is 534. The Labute approximate surface area is 124 Å². The van der Waals surface area contributed by atoms with Crippen LogP contribution >= 0.6 is 11.3 Å². The molecule has 3 rings (SSSR count). The van der Waals surface area contributed by atoms with E-state index in [1.54, 1.807) is 11.3 Å². The van der Waals surface area contributed by atoms with E-state index in [0.717, 1.165) is 43.1 Å². The molecule has 6 heteroatoms. The van der Waals surface area contributed by atoms with Crippen molar-refractivity contribution in [2.24, 2.45) is 5.73 Å². The maximum absolute atomic E-state index is 6.34. The van der Waals surface area contributed by atoms with Crippen molar-refractivity contribution in [2.75, 3.05) is 33.7 Å². The van der Waals surface area contributed by atoms with Crippen LogP contribution in [-0.2, 0) is 6.42 Å². The van der Waals surface area contributed by atoms with Gasteiger partial charge in [0.15, 0.2) is 4.96 Å². The number of hydrogen-bond donors (Lipinski definition) is 1. The van der Waals surface area contributed by atoms with E-state index in [1.807, 2.05) is 6.20 Å². The summed E-state index contributed by atoms with van der Waals surface area (Å²) in [4.78, 5) is 10.5. The maximum Gasteiger partial charge on any atom is 0.193 e. The van der Waals surface area contributed by atoms with Crippen molar-refractivity contribution in [3.8, 4) is 0 Å². The fourth-order valence-electron chi connectivity index (χ4n) is 2.93. The molecular formula is C14H23N5S. The smallest absolute Gasteiger partial charge is 0.193 e. The zero-order chi connectivity index (χ0) is 14.1. The molecule has 1 saturated heterocycles. The lowest BCUT2D eigenvalue weighted by molar-refractivity contribution is 0.104. The third-order valence-corrected chi connectivity index (χ3v) is 4.94. The van der Waals surface area contributed by atoms with Crippen molar-refractivity contribution in [1.82, 2.24) is 19.2 Å². The summed E-state index contributed by atoms with van der Waals surface area (Å²) < 4.78 is 2.08. The Morgan fingerprint density at radius 3 is 3.10 bits per heavy atom. The van der Waals surface area contributed by atoms with Crippen molar-refractivity contribution >= 4 is 16.3 Å². The molecule has 0 saturated carbocycles. The van der Waals surface area contributed by atoms with Gasteiger partial charge in [0.1, 0.15) is 0 Å². The average Bonchev–Trinajstić information content (AvgIpc) is 2.94. The van der Waals surface area contributed by atoms with Gasteiger partial charge in [-0.25, -0.2) is 4.98 Å². The van der Waals surface area contributed by atoms with Crippen LogP contribution in [0.2, 0.25) is 0 Å². The lowest BCUT2D eigenvalue weighted by Crippen LogP contribution is -2.51. The summed E-state index contributed by atoms with van der Waals surface area (Å²) in [6.07, 6.45) is 6.04. The highest BCUT2D eigenvalue weighted by Gasteiger charge is 2.24. The van der Waals surface area contributed by atoms with E-state index in [9.17, 15) is 0 Å². The molecule has 1 fully saturated rings. The predicted molar refractivity (Wildman–Crippen MR) is 83.3 cm³/mol. The highest BCUT2D eigenvalue weighted by molar-refractivity contribution is 7.15. The fraction of sp³-hybridized carbons (Fsp3) is 0.643. The van der Waals surface area contributed by atoms with Crippen molar-refractivity contribution in [3.05, 3.63) is 23.5 Å². The van der Waals surface area contributed by atoms with E-state index < -0.39 is 0 Å². The van der Waals surface area contributed by atoms with Gasteiger partial charge in [0.05, 0.1) is 5.69 Å². The Balaban J connectivity index is 1.58. The highest BCUT2D eigenvalue weighted by atomic mass is 32.1. The van der Waals surface area contributed by atoms with Crippen molar-refractivity contribution in [1.29, 1.82) is 0 Å². The Hall–Kier alpha value is -0.950. The molecule has 110 valence electrons. The molecule has 20 heavy (non-hydrogen) atoms. The Morgan fingerprint density at radius 1 is 1.45 bits per heavy atom. The molecule has 2 atom stereocenters. The largest absolute Gasteiger partial charge is 0.327 e. The average molecular weight is 293 g/mol. The van der Waals surface area contributed by atoms with Gasteiger partial charge in [-0.05, 0) is 20.5 Å². The minimum absolute atomic E-state index is 0.179. The van der Waals surface area contributed by atoms with Crippen LogP contribution in [0.25, 0.3) is 4.96 Å². The molecule has 2 N–H and O–H groups in total. The molecule has 2 aromatic heterocycles. The molecule has 1 aliphatic rings. The van der Waals surface area contributed by atoms with E-state index in [4.69, 9.17) is 5.73 Å². The van der Waals surface area contributed by atoms with Crippen LogP contribution in [0.4, 0.5) is 0 Å². The number of imidazole rings is 1. The minimum atomic E-state index is 0.179. The van der Waals surface area contributed by atoms with E-state index >= 15 is 0 Å². The third kappa shape index (κ3) is 3.03. The normalized spacial score (nSPS) is 23.4. The molecule has 2 unspecified atom stereocenters. The molecule has 0 bridgehead atoms. The van der Waals surface area contributed by atoms with Gasteiger partial charge in [0.2, 0.25) is 0 Å². The maximum atomic E-state index is 6.34. The molecule has 0 aliphatic carbocycles. The first kappa shape index (κ1) is 14.0. The van der Waals surface area contributed by atoms with E-state index in [0.29, 0.717) is 6.04 Å². The van der Waals surface area contributed by atoms with Crippen LogP contribution in [0.1, 0.15) is 12.1 Å². The zero-order valence-electron chi connectivity index (χ0n) is 12.2. The second-order valence-corrected chi connectivity index (χ2v) is 6.79. The van der Waals surface area contributed by atoms with Crippen molar-refractivity contribution in [3.63, 3.8) is 0 Å². The first-order chi connectivity index (χ1) is 9.61. The lowest BCUT2D eigenvalue weighted by atomic mass is 10.0. The summed E-state index contributed by atoms with van der Waals surface area (Å²) >= 11 is 1.67. The standard InChI is InChI=1S/C14H23N5S/c1-17-3-4-18(2)13(10-17)8-11(15)7-12-9-19-5-6-20-14(19)16-12/h5-6,9,11,13H,3-4,7-8,10,15H2,1-2H3. The van der Waals surface area contributed by atoms with Crippen LogP contribution in [0.3, 0.4) is 0 Å². The van der Waals surface area contributed by atoms with Gasteiger partial charge in [-0.3, -0.25) is 4.40 Å². The quantitative estimate of drug-likeness (QED) is 0.910. The number of hydrogen-bond acceptors (Lipinski definition) is 5. The first-order valence-electron chi connectivity index (χ1n) is 7.17. The van der Waals surface area contributed by atoms with Crippen LogP contribution in [0.5, 0.6) is 0 Å². The number of likely N-dealkylation sites (N-methyl/N-ethyl adjacent to an activating group) is 2. The molecule has 2 aromatic rings. The highest BCUT2D eigenvalue weighted by Crippen LogP contribution is 2.15. The molecule has 5 nitrogen and oxygen atoms in total. The van der Waals surface area contributed by atoms with Crippen LogP contribution in [0, 0.1) is 0 Å². The van der Waals surface area contributed by atoms with Gasteiger partial charge in [0, 0.05) is 55.9 Å². The fourth-order valence-corrected chi connectivity index (χ4v) is 3.65. The third-order valence-electron chi connectivity index (χ3n) is 4.17. The van der Waals surface area contributed by atoms with Crippen LogP contribution in [0.15, 0.2) is 17.8 Å². The second kappa shape index (κ2) is 5.81. The van der Waals surface area contributed by atoms with E-state index in [2.05, 4.69) is 44.9 Å². The summed E-state index contributed by atoms with van der Waals surface area (Å²) in [5.74, 6) is 0. The first-order valence-corrected chi connectivity index (χ1v) is 8.05. The molecule has 0 amide bonds. The van der Waals surface area contributed by atoms with Crippen LogP contribution in [-0.4, -0.2) is 65.0 Å². The van der Waals surface area contributed by atoms with E-state index in [-0.39, 0.29) is 6.04 Å². The molecule has 3 heterocycles. The van der Waals surface area contributed by atoms with Gasteiger partial charge in [-0.2, -0.15) is 0 Å². The molecule has 1 aliphatic heterocycles. The van der Waals surface area contributed by atoms with Gasteiger partial charge in [-0.15, -0.1) is 11.3 Å². The number of nitrogens with zero attached hydrogens (tertiary/aromatic N) is 4. The molecule has 0 aromatic carbocycles. The van der Waals surface area contributed by atoms with E-state index in [1.165, 1.54) is 0 Å². The Morgan fingerprint density at radius 2 is 2.30 bits per heavy atom. The number of fused-ring (bicyclic) bond motifs is 1. The second-order valence-electron chi connectivity index (χ2n) is 5.92. The topological polar surface area (TPSA) is 49.8 Å². The number of nitrogens with two attached hydrogens (primary N) is 1. The van der Waals surface area contributed by atoms with Crippen molar-refractivity contribution < 1.29 is 0 Å². The van der Waals surface area contributed by atoms with Gasteiger partial charge in [0.25, 0.3) is 0 Å². The molecular weight excluding hydrogens is 270 g/mol. The summed E-state index contributed by atoms with van der Waals surface area (Å²) in [7, 11) is 4.39. The number of rotatable bonds is 4. The summed E-state index contributed by atoms with van der Waals surface area (Å²) in [5.41, 5.74) is 7.45. The van der Waals surface area contributed by atoms with Crippen molar-refractivity contribution in [2.45, 2.75) is 24.9 Å². The zero-order valence-corrected chi connectivity index (χ0v) is 13.0. The number of piperazine rings is 1.